The van der Waals surface area contributed by atoms with Crippen LogP contribution in [0, 0.1) is 0 Å². The van der Waals surface area contributed by atoms with Gasteiger partial charge in [0.05, 0.1) is 11.4 Å². The molecule has 1 aromatic carbocycles. The highest BCUT2D eigenvalue weighted by Gasteiger charge is 2.44. The Bertz CT molecular complexity index is 782. The van der Waals surface area contributed by atoms with Crippen LogP contribution in [0.4, 0.5) is 10.5 Å². The summed E-state index contributed by atoms with van der Waals surface area (Å²) in [5.41, 5.74) is 5.54. The molecule has 1 aromatic rings. The first-order valence-corrected chi connectivity index (χ1v) is 9.31. The van der Waals surface area contributed by atoms with E-state index >= 15 is 0 Å². The number of carbonyl (C=O) groups is 5. The summed E-state index contributed by atoms with van der Waals surface area (Å²) < 4.78 is 0. The van der Waals surface area contributed by atoms with Crippen molar-refractivity contribution in [1.82, 2.24) is 9.80 Å². The Morgan fingerprint density at radius 2 is 1.78 bits per heavy atom. The third-order valence-corrected chi connectivity index (χ3v) is 4.80. The van der Waals surface area contributed by atoms with Gasteiger partial charge in [-0.05, 0) is 18.6 Å². The fraction of sp³-hybridized carbons (Fsp3) is 0.353. The number of urea groups is 1. The number of carbonyl (C=O) groups excluding carboxylic acids is 5. The number of nitrogens with two attached hydrogens (primary N) is 1. The smallest absolute Gasteiger partial charge is 0.334 e. The van der Waals surface area contributed by atoms with E-state index in [4.69, 9.17) is 5.73 Å². The number of imide groups is 2. The fourth-order valence-electron chi connectivity index (χ4n) is 2.38. The van der Waals surface area contributed by atoms with Gasteiger partial charge < -0.3 is 11.1 Å². The zero-order valence-corrected chi connectivity index (χ0v) is 15.6. The summed E-state index contributed by atoms with van der Waals surface area (Å²) in [7, 11) is 0. The predicted octanol–water partition coefficient (Wildman–Crippen LogP) is 0.793. The second-order valence-electron chi connectivity index (χ2n) is 5.78. The lowest BCUT2D eigenvalue weighted by Gasteiger charge is -2.16. The molecule has 6 amide bonds. The number of nitrogens with zero attached hydrogens (tertiary/aromatic N) is 2. The number of benzene rings is 1. The van der Waals surface area contributed by atoms with Crippen molar-refractivity contribution in [2.45, 2.75) is 24.7 Å². The highest BCUT2D eigenvalue weighted by Crippen LogP contribution is 2.26. The summed E-state index contributed by atoms with van der Waals surface area (Å²) in [6, 6.07) is 5.95. The molecule has 0 unspecified atom stereocenters. The molecule has 0 aliphatic carbocycles. The maximum absolute atomic E-state index is 12.3. The number of primary amides is 1. The average Bonchev–Trinajstić information content (AvgIpc) is 2.82. The van der Waals surface area contributed by atoms with Gasteiger partial charge in [0.1, 0.15) is 6.54 Å². The van der Waals surface area contributed by atoms with Gasteiger partial charge in [0.25, 0.3) is 0 Å². The SMILES string of the molecule is CCCCN1C(=O)C(=O)N(CC(=O)Nc2ccccc2SCC(N)=O)C1=O. The van der Waals surface area contributed by atoms with E-state index in [1.165, 1.54) is 0 Å². The quantitative estimate of drug-likeness (QED) is 0.363. The first-order chi connectivity index (χ1) is 12.8. The molecule has 0 atom stereocenters. The second-order valence-corrected chi connectivity index (χ2v) is 6.80. The molecule has 3 N–H and O–H groups in total. The van der Waals surface area contributed by atoms with Crippen molar-refractivity contribution in [3.8, 4) is 0 Å². The second kappa shape index (κ2) is 9.17. The van der Waals surface area contributed by atoms with Crippen molar-refractivity contribution < 1.29 is 24.0 Å². The molecule has 9 nitrogen and oxygen atoms in total. The molecule has 2 rings (SSSR count). The van der Waals surface area contributed by atoms with Crippen molar-refractivity contribution in [3.05, 3.63) is 24.3 Å². The predicted molar refractivity (Wildman–Crippen MR) is 98.7 cm³/mol. The van der Waals surface area contributed by atoms with Gasteiger partial charge >= 0.3 is 17.8 Å². The molecular weight excluding hydrogens is 372 g/mol. The van der Waals surface area contributed by atoms with E-state index in [9.17, 15) is 24.0 Å². The molecule has 0 bridgehead atoms. The van der Waals surface area contributed by atoms with Gasteiger partial charge in [-0.3, -0.25) is 24.1 Å². The maximum Gasteiger partial charge on any atom is 0.334 e. The van der Waals surface area contributed by atoms with Crippen LogP contribution in [0.25, 0.3) is 0 Å². The summed E-state index contributed by atoms with van der Waals surface area (Å²) >= 11 is 1.15. The van der Waals surface area contributed by atoms with Crippen LogP contribution in [0.5, 0.6) is 0 Å². The van der Waals surface area contributed by atoms with Crippen LogP contribution in [0.3, 0.4) is 0 Å². The molecule has 1 aliphatic heterocycles. The van der Waals surface area contributed by atoms with E-state index in [-0.39, 0.29) is 12.3 Å². The van der Waals surface area contributed by atoms with Crippen molar-refractivity contribution in [2.24, 2.45) is 5.73 Å². The Balaban J connectivity index is 2.04. The molecule has 0 saturated carbocycles. The summed E-state index contributed by atoms with van der Waals surface area (Å²) in [6.07, 6.45) is 1.33. The zero-order chi connectivity index (χ0) is 20.0. The fourth-order valence-corrected chi connectivity index (χ4v) is 3.13. The molecular formula is C17H20N4O5S. The van der Waals surface area contributed by atoms with E-state index in [0.29, 0.717) is 21.9 Å². The standard InChI is InChI=1S/C17H20N4O5S/c1-2-3-8-20-15(24)16(25)21(17(20)26)9-14(23)19-11-6-4-5-7-12(11)27-10-13(18)22/h4-7H,2-3,8-10H2,1H3,(H2,18,22)(H,19,23). The molecule has 27 heavy (non-hydrogen) atoms. The highest BCUT2D eigenvalue weighted by atomic mass is 32.2. The van der Waals surface area contributed by atoms with Gasteiger partial charge in [0, 0.05) is 11.4 Å². The normalized spacial score (nSPS) is 14.0. The first-order valence-electron chi connectivity index (χ1n) is 8.32. The van der Waals surface area contributed by atoms with E-state index in [0.717, 1.165) is 23.1 Å². The number of thioether (sulfide) groups is 1. The van der Waals surface area contributed by atoms with E-state index in [2.05, 4.69) is 5.32 Å². The largest absolute Gasteiger partial charge is 0.369 e. The Labute approximate surface area is 160 Å². The number of hydrogen-bond acceptors (Lipinski definition) is 6. The molecule has 1 saturated heterocycles. The van der Waals surface area contributed by atoms with E-state index in [1.807, 2.05) is 6.92 Å². The minimum atomic E-state index is -1.01. The van der Waals surface area contributed by atoms with Crippen LogP contribution < -0.4 is 11.1 Å². The molecule has 1 aliphatic rings. The van der Waals surface area contributed by atoms with Crippen molar-refractivity contribution in [3.63, 3.8) is 0 Å². The lowest BCUT2D eigenvalue weighted by Crippen LogP contribution is -2.39. The molecule has 1 heterocycles. The monoisotopic (exact) mass is 392 g/mol. The number of para-hydroxylation sites is 1. The molecule has 0 aromatic heterocycles. The Morgan fingerprint density at radius 3 is 2.44 bits per heavy atom. The van der Waals surface area contributed by atoms with Crippen molar-refractivity contribution in [2.75, 3.05) is 24.2 Å². The first kappa shape index (κ1) is 20.4. The number of unbranched alkanes of at least 4 members (excludes halogenated alkanes) is 1. The molecule has 1 fully saturated rings. The minimum absolute atomic E-state index is 0.0386. The van der Waals surface area contributed by atoms with Gasteiger partial charge in [-0.1, -0.05) is 25.5 Å². The van der Waals surface area contributed by atoms with Crippen LogP contribution in [-0.2, 0) is 19.2 Å². The summed E-state index contributed by atoms with van der Waals surface area (Å²) in [5.74, 6) is -3.02. The van der Waals surface area contributed by atoms with Gasteiger partial charge in [0.2, 0.25) is 11.8 Å². The average molecular weight is 392 g/mol. The molecule has 0 radical (unpaired) electrons. The summed E-state index contributed by atoms with van der Waals surface area (Å²) in [5, 5.41) is 2.59. The molecule has 144 valence electrons. The number of anilines is 1. The lowest BCUT2D eigenvalue weighted by molar-refractivity contribution is -0.143. The highest BCUT2D eigenvalue weighted by molar-refractivity contribution is 8.00. The van der Waals surface area contributed by atoms with Gasteiger partial charge in [-0.2, -0.15) is 0 Å². The Kier molecular flexibility index (Phi) is 6.94. The van der Waals surface area contributed by atoms with Crippen LogP contribution in [-0.4, -0.2) is 58.3 Å². The number of amides is 6. The Morgan fingerprint density at radius 1 is 1.11 bits per heavy atom. The maximum atomic E-state index is 12.3. The van der Waals surface area contributed by atoms with Crippen LogP contribution in [0.1, 0.15) is 19.8 Å². The topological polar surface area (TPSA) is 130 Å². The molecule has 10 heteroatoms. The van der Waals surface area contributed by atoms with Gasteiger partial charge in [-0.15, -0.1) is 11.8 Å². The number of hydrogen-bond donors (Lipinski definition) is 2. The number of rotatable bonds is 9. The van der Waals surface area contributed by atoms with Gasteiger partial charge in [-0.25, -0.2) is 9.69 Å². The van der Waals surface area contributed by atoms with Crippen molar-refractivity contribution >= 4 is 47.1 Å². The van der Waals surface area contributed by atoms with Crippen LogP contribution >= 0.6 is 11.8 Å². The van der Waals surface area contributed by atoms with E-state index in [1.54, 1.807) is 24.3 Å². The van der Waals surface area contributed by atoms with Crippen LogP contribution in [0.2, 0.25) is 0 Å². The molecule has 0 spiro atoms. The van der Waals surface area contributed by atoms with Crippen LogP contribution in [0.15, 0.2) is 29.2 Å². The minimum Gasteiger partial charge on any atom is -0.369 e. The van der Waals surface area contributed by atoms with Gasteiger partial charge in [0.15, 0.2) is 0 Å². The third-order valence-electron chi connectivity index (χ3n) is 3.70. The summed E-state index contributed by atoms with van der Waals surface area (Å²) in [6.45, 7) is 1.47. The third kappa shape index (κ3) is 5.07. The van der Waals surface area contributed by atoms with Crippen molar-refractivity contribution in [1.29, 1.82) is 0 Å². The number of nitrogens with one attached hydrogen (secondary N) is 1. The zero-order valence-electron chi connectivity index (χ0n) is 14.8. The Hall–Kier alpha value is -2.88. The summed E-state index contributed by atoms with van der Waals surface area (Å²) in [4.78, 5) is 61.5. The lowest BCUT2D eigenvalue weighted by atomic mass is 10.3. The van der Waals surface area contributed by atoms with E-state index < -0.39 is 36.2 Å².